The first-order chi connectivity index (χ1) is 11.2. The molecule has 4 rings (SSSR count). The van der Waals surface area contributed by atoms with E-state index in [-0.39, 0.29) is 18.1 Å². The van der Waals surface area contributed by atoms with Crippen LogP contribution in [-0.2, 0) is 0 Å². The van der Waals surface area contributed by atoms with Gasteiger partial charge in [-0.2, -0.15) is 0 Å². The summed E-state index contributed by atoms with van der Waals surface area (Å²) >= 11 is 0. The summed E-state index contributed by atoms with van der Waals surface area (Å²) in [6.07, 6.45) is 8.09. The van der Waals surface area contributed by atoms with Gasteiger partial charge in [-0.3, -0.25) is 14.1 Å². The Morgan fingerprint density at radius 2 is 2.04 bits per heavy atom. The molecule has 1 aliphatic carbocycles. The number of amides is 1. The Kier molecular flexibility index (Phi) is 3.74. The van der Waals surface area contributed by atoms with Gasteiger partial charge in [0.2, 0.25) is 5.78 Å². The highest BCUT2D eigenvalue weighted by Gasteiger charge is 2.33. The highest BCUT2D eigenvalue weighted by Crippen LogP contribution is 2.25. The molecule has 1 aliphatic heterocycles. The minimum atomic E-state index is -0.207. The molecule has 1 saturated heterocycles. The fourth-order valence-corrected chi connectivity index (χ4v) is 3.70. The van der Waals surface area contributed by atoms with E-state index < -0.39 is 0 Å². The number of carbonyl (C=O) groups is 1. The molecule has 0 spiro atoms. The van der Waals surface area contributed by atoms with Crippen LogP contribution in [0.2, 0.25) is 0 Å². The number of hydrogen-bond acceptors (Lipinski definition) is 5. The molecule has 23 heavy (non-hydrogen) atoms. The van der Waals surface area contributed by atoms with Crippen LogP contribution in [0, 0.1) is 0 Å². The monoisotopic (exact) mass is 315 g/mol. The molecule has 7 nitrogen and oxygen atoms in total. The third kappa shape index (κ3) is 2.70. The maximum absolute atomic E-state index is 12.6. The Balaban J connectivity index is 1.42. The quantitative estimate of drug-likeness (QED) is 0.868. The van der Waals surface area contributed by atoms with Gasteiger partial charge in [0.25, 0.3) is 5.91 Å². The predicted molar refractivity (Wildman–Crippen MR) is 84.1 cm³/mol. The van der Waals surface area contributed by atoms with Crippen LogP contribution in [0.3, 0.4) is 0 Å². The van der Waals surface area contributed by atoms with Crippen molar-refractivity contribution in [3.63, 3.8) is 0 Å². The van der Waals surface area contributed by atoms with Crippen LogP contribution in [0.1, 0.15) is 29.8 Å². The Morgan fingerprint density at radius 1 is 1.22 bits per heavy atom. The van der Waals surface area contributed by atoms with Crippen LogP contribution < -0.4 is 0 Å². The van der Waals surface area contributed by atoms with E-state index in [0.717, 1.165) is 32.4 Å². The molecular formula is C16H21N5O2. The number of aliphatic hydroxyl groups excluding tert-OH is 1. The molecule has 1 saturated carbocycles. The first kappa shape index (κ1) is 14.6. The van der Waals surface area contributed by atoms with Gasteiger partial charge in [0.1, 0.15) is 5.69 Å². The summed E-state index contributed by atoms with van der Waals surface area (Å²) in [4.78, 5) is 25.2. The number of aliphatic hydroxyl groups is 1. The van der Waals surface area contributed by atoms with Crippen LogP contribution >= 0.6 is 0 Å². The Bertz CT molecular complexity index is 674. The summed E-state index contributed by atoms with van der Waals surface area (Å²) in [6, 6.07) is 2.08. The average Bonchev–Trinajstić information content (AvgIpc) is 3.20. The number of rotatable bonds is 2. The van der Waals surface area contributed by atoms with Crippen LogP contribution in [0.25, 0.3) is 5.78 Å². The SMILES string of the molecule is O=C(c1cn2cccnc2n1)N1CCN([C@H]2CCC[C@H]2O)CC1. The van der Waals surface area contributed by atoms with Gasteiger partial charge < -0.3 is 10.0 Å². The van der Waals surface area contributed by atoms with Crippen molar-refractivity contribution in [3.05, 3.63) is 30.4 Å². The second kappa shape index (κ2) is 5.90. The van der Waals surface area contributed by atoms with Gasteiger partial charge in [0, 0.05) is 50.8 Å². The number of nitrogens with zero attached hydrogens (tertiary/aromatic N) is 5. The summed E-state index contributed by atoms with van der Waals surface area (Å²) in [5.41, 5.74) is 0.443. The lowest BCUT2D eigenvalue weighted by Crippen LogP contribution is -2.53. The molecule has 0 bridgehead atoms. The number of imidazole rings is 1. The smallest absolute Gasteiger partial charge is 0.274 e. The van der Waals surface area contributed by atoms with Gasteiger partial charge in [0.15, 0.2) is 0 Å². The lowest BCUT2D eigenvalue weighted by atomic mass is 10.1. The Hall–Kier alpha value is -1.99. The molecule has 3 heterocycles. The van der Waals surface area contributed by atoms with Crippen molar-refractivity contribution in [3.8, 4) is 0 Å². The van der Waals surface area contributed by atoms with Gasteiger partial charge >= 0.3 is 0 Å². The highest BCUT2D eigenvalue weighted by molar-refractivity contribution is 5.92. The number of carbonyl (C=O) groups excluding carboxylic acids is 1. The Morgan fingerprint density at radius 3 is 2.74 bits per heavy atom. The van der Waals surface area contributed by atoms with E-state index in [1.807, 2.05) is 17.2 Å². The molecule has 2 aromatic heterocycles. The second-order valence-electron chi connectivity index (χ2n) is 6.35. The van der Waals surface area contributed by atoms with Crippen molar-refractivity contribution in [1.82, 2.24) is 24.2 Å². The normalized spacial score (nSPS) is 26.0. The molecule has 0 radical (unpaired) electrons. The molecule has 0 aromatic carbocycles. The molecule has 7 heteroatoms. The second-order valence-corrected chi connectivity index (χ2v) is 6.35. The Labute approximate surface area is 134 Å². The molecular weight excluding hydrogens is 294 g/mol. The van der Waals surface area contributed by atoms with Crippen LogP contribution in [0.5, 0.6) is 0 Å². The molecule has 2 atom stereocenters. The number of piperazine rings is 1. The molecule has 2 aliphatic rings. The lowest BCUT2D eigenvalue weighted by Gasteiger charge is -2.38. The molecule has 0 unspecified atom stereocenters. The van der Waals surface area contributed by atoms with E-state index >= 15 is 0 Å². The topological polar surface area (TPSA) is 74.0 Å². The van der Waals surface area contributed by atoms with E-state index in [1.54, 1.807) is 16.8 Å². The van der Waals surface area contributed by atoms with Crippen molar-refractivity contribution >= 4 is 11.7 Å². The van der Waals surface area contributed by atoms with Crippen molar-refractivity contribution in [1.29, 1.82) is 0 Å². The molecule has 122 valence electrons. The summed E-state index contributed by atoms with van der Waals surface area (Å²) in [7, 11) is 0. The zero-order chi connectivity index (χ0) is 15.8. The van der Waals surface area contributed by atoms with Gasteiger partial charge in [-0.25, -0.2) is 9.97 Å². The number of fused-ring (bicyclic) bond motifs is 1. The maximum atomic E-state index is 12.6. The third-order valence-electron chi connectivity index (χ3n) is 4.97. The van der Waals surface area contributed by atoms with Gasteiger partial charge in [0.05, 0.1) is 6.10 Å². The van der Waals surface area contributed by atoms with E-state index in [2.05, 4.69) is 14.9 Å². The van der Waals surface area contributed by atoms with E-state index in [9.17, 15) is 9.90 Å². The van der Waals surface area contributed by atoms with Crippen LogP contribution in [-0.4, -0.2) is 73.5 Å². The highest BCUT2D eigenvalue weighted by atomic mass is 16.3. The first-order valence-corrected chi connectivity index (χ1v) is 8.23. The van der Waals surface area contributed by atoms with Gasteiger partial charge in [-0.1, -0.05) is 0 Å². The largest absolute Gasteiger partial charge is 0.391 e. The van der Waals surface area contributed by atoms with E-state index in [1.165, 1.54) is 0 Å². The van der Waals surface area contributed by atoms with Crippen LogP contribution in [0.15, 0.2) is 24.7 Å². The molecule has 1 amide bonds. The fourth-order valence-electron chi connectivity index (χ4n) is 3.70. The number of aromatic nitrogens is 3. The summed E-state index contributed by atoms with van der Waals surface area (Å²) in [6.45, 7) is 3.00. The zero-order valence-electron chi connectivity index (χ0n) is 13.0. The number of hydrogen-bond donors (Lipinski definition) is 1. The van der Waals surface area contributed by atoms with Crippen molar-refractivity contribution in [2.45, 2.75) is 31.4 Å². The average molecular weight is 315 g/mol. The zero-order valence-corrected chi connectivity index (χ0v) is 13.0. The van der Waals surface area contributed by atoms with E-state index in [0.29, 0.717) is 24.6 Å². The standard InChI is InChI=1S/C16H21N5O2/c22-14-4-1-3-13(14)19-7-9-20(10-8-19)15(23)12-11-21-6-2-5-17-16(21)18-12/h2,5-6,11,13-14,22H,1,3-4,7-10H2/t13-,14+/m0/s1. The fraction of sp³-hybridized carbons (Fsp3) is 0.562. The van der Waals surface area contributed by atoms with E-state index in [4.69, 9.17) is 0 Å². The van der Waals surface area contributed by atoms with Gasteiger partial charge in [-0.15, -0.1) is 0 Å². The summed E-state index contributed by atoms with van der Waals surface area (Å²) in [5.74, 6) is 0.505. The minimum absolute atomic E-state index is 0.0397. The summed E-state index contributed by atoms with van der Waals surface area (Å²) < 4.78 is 1.76. The molecule has 2 fully saturated rings. The van der Waals surface area contributed by atoms with Crippen molar-refractivity contribution in [2.75, 3.05) is 26.2 Å². The van der Waals surface area contributed by atoms with Crippen LogP contribution in [0.4, 0.5) is 0 Å². The third-order valence-corrected chi connectivity index (χ3v) is 4.97. The molecule has 2 aromatic rings. The summed E-state index contributed by atoms with van der Waals surface area (Å²) in [5, 5.41) is 10.0. The maximum Gasteiger partial charge on any atom is 0.274 e. The predicted octanol–water partition coefficient (Wildman–Crippen LogP) is 0.401. The van der Waals surface area contributed by atoms with Crippen molar-refractivity contribution in [2.24, 2.45) is 0 Å². The van der Waals surface area contributed by atoms with Gasteiger partial charge in [-0.05, 0) is 25.3 Å². The lowest BCUT2D eigenvalue weighted by molar-refractivity contribution is 0.0313. The molecule has 1 N–H and O–H groups in total. The minimum Gasteiger partial charge on any atom is -0.391 e. The first-order valence-electron chi connectivity index (χ1n) is 8.23. The van der Waals surface area contributed by atoms with Crippen molar-refractivity contribution < 1.29 is 9.90 Å².